The largest absolute Gasteiger partial charge is 0.342 e. The minimum absolute atomic E-state index is 0.166. The number of amides is 2. The molecule has 2 aromatic carbocycles. The number of sulfonamides is 1. The highest BCUT2D eigenvalue weighted by atomic mass is 32.2. The predicted molar refractivity (Wildman–Crippen MR) is 107 cm³/mol. The Morgan fingerprint density at radius 2 is 1.64 bits per heavy atom. The number of rotatable bonds is 5. The van der Waals surface area contributed by atoms with E-state index in [-0.39, 0.29) is 10.8 Å². The molecule has 1 heterocycles. The lowest BCUT2D eigenvalue weighted by atomic mass is 10.1. The summed E-state index contributed by atoms with van der Waals surface area (Å²) in [6.07, 6.45) is 0.785. The smallest absolute Gasteiger partial charge is 0.261 e. The van der Waals surface area contributed by atoms with Crippen molar-refractivity contribution in [2.24, 2.45) is 0 Å². The fraction of sp³-hybridized carbons (Fsp3) is 0.300. The second-order valence-corrected chi connectivity index (χ2v) is 8.51. The fourth-order valence-electron chi connectivity index (χ4n) is 3.10. The van der Waals surface area contributed by atoms with E-state index in [9.17, 15) is 18.0 Å². The Bertz CT molecular complexity index is 979. The number of carbonyl (C=O) groups is 2. The molecule has 1 aliphatic heterocycles. The molecule has 0 saturated carbocycles. The van der Waals surface area contributed by atoms with Crippen LogP contribution < -0.4 is 4.72 Å². The van der Waals surface area contributed by atoms with Gasteiger partial charge in [-0.25, -0.2) is 8.42 Å². The number of nitrogens with zero attached hydrogens (tertiary/aromatic N) is 2. The van der Waals surface area contributed by atoms with Gasteiger partial charge in [0.15, 0.2) is 0 Å². The Morgan fingerprint density at radius 3 is 2.25 bits per heavy atom. The summed E-state index contributed by atoms with van der Waals surface area (Å²) in [6, 6.07) is 11.6. The third-order valence-corrected chi connectivity index (χ3v) is 6.27. The van der Waals surface area contributed by atoms with Crippen LogP contribution in [0.4, 0.5) is 5.69 Å². The van der Waals surface area contributed by atoms with E-state index in [0.717, 1.165) is 12.0 Å². The van der Waals surface area contributed by atoms with Crippen molar-refractivity contribution < 1.29 is 18.0 Å². The monoisotopic (exact) mass is 401 g/mol. The molecule has 0 bridgehead atoms. The van der Waals surface area contributed by atoms with Gasteiger partial charge in [0.25, 0.3) is 15.9 Å². The maximum Gasteiger partial charge on any atom is 0.261 e. The molecule has 0 atom stereocenters. The highest BCUT2D eigenvalue weighted by Crippen LogP contribution is 2.24. The summed E-state index contributed by atoms with van der Waals surface area (Å²) in [5, 5.41) is 0. The van der Waals surface area contributed by atoms with Crippen LogP contribution in [0.2, 0.25) is 0 Å². The molecule has 8 heteroatoms. The van der Waals surface area contributed by atoms with Crippen molar-refractivity contribution in [3.8, 4) is 0 Å². The average Bonchev–Trinajstić information content (AvgIpc) is 2.69. The van der Waals surface area contributed by atoms with Crippen LogP contribution in [0.15, 0.2) is 47.4 Å². The van der Waals surface area contributed by atoms with E-state index in [4.69, 9.17) is 0 Å². The van der Waals surface area contributed by atoms with E-state index < -0.39 is 10.0 Å². The van der Waals surface area contributed by atoms with Gasteiger partial charge in [-0.1, -0.05) is 23.8 Å². The Hall–Kier alpha value is -2.87. The summed E-state index contributed by atoms with van der Waals surface area (Å²) >= 11 is 0. The maximum atomic E-state index is 12.9. The van der Waals surface area contributed by atoms with E-state index >= 15 is 0 Å². The van der Waals surface area contributed by atoms with Gasteiger partial charge in [0.1, 0.15) is 0 Å². The van der Waals surface area contributed by atoms with Crippen LogP contribution >= 0.6 is 0 Å². The number of hydrogen-bond donors (Lipinski definition) is 1. The highest BCUT2D eigenvalue weighted by molar-refractivity contribution is 7.92. The lowest BCUT2D eigenvalue weighted by Gasteiger charge is -2.33. The van der Waals surface area contributed by atoms with Crippen molar-refractivity contribution in [1.29, 1.82) is 0 Å². The normalized spacial score (nSPS) is 14.6. The summed E-state index contributed by atoms with van der Waals surface area (Å²) < 4.78 is 27.9. The topological polar surface area (TPSA) is 86.8 Å². The molecular weight excluding hydrogens is 378 g/mol. The van der Waals surface area contributed by atoms with Gasteiger partial charge >= 0.3 is 0 Å². The third kappa shape index (κ3) is 4.17. The second kappa shape index (κ2) is 8.02. The van der Waals surface area contributed by atoms with Crippen molar-refractivity contribution in [3.05, 3.63) is 59.2 Å². The van der Waals surface area contributed by atoms with E-state index in [2.05, 4.69) is 4.72 Å². The average molecular weight is 401 g/mol. The zero-order valence-corrected chi connectivity index (χ0v) is 16.7. The van der Waals surface area contributed by atoms with Crippen LogP contribution in [-0.2, 0) is 14.8 Å². The quantitative estimate of drug-likeness (QED) is 0.777. The molecule has 1 N–H and O–H groups in total. The zero-order chi connectivity index (χ0) is 20.3. The number of piperazine rings is 1. The van der Waals surface area contributed by atoms with E-state index in [0.29, 0.717) is 43.0 Å². The molecule has 0 aromatic heterocycles. The first-order chi connectivity index (χ1) is 13.3. The standard InChI is InChI=1S/C20H23N3O4S/c1-15-6-8-17(9-7-15)28(26,27)21-19-5-3-4-18(16(19)2)20(25)23-12-10-22(14-24)11-13-23/h3-9,14,21H,10-13H2,1-2H3. The molecule has 1 fully saturated rings. The highest BCUT2D eigenvalue weighted by Gasteiger charge is 2.24. The van der Waals surface area contributed by atoms with Gasteiger partial charge in [0.2, 0.25) is 6.41 Å². The SMILES string of the molecule is Cc1ccc(S(=O)(=O)Nc2cccc(C(=O)N3CCN(C=O)CC3)c2C)cc1. The molecule has 0 radical (unpaired) electrons. The van der Waals surface area contributed by atoms with Crippen molar-refractivity contribution >= 4 is 28.0 Å². The van der Waals surface area contributed by atoms with Crippen molar-refractivity contribution in [3.63, 3.8) is 0 Å². The van der Waals surface area contributed by atoms with Crippen LogP contribution in [-0.4, -0.2) is 56.7 Å². The first-order valence-corrected chi connectivity index (χ1v) is 10.5. The number of benzene rings is 2. The molecule has 1 aliphatic rings. The van der Waals surface area contributed by atoms with E-state index in [1.54, 1.807) is 59.2 Å². The Kier molecular flexibility index (Phi) is 5.69. The lowest BCUT2D eigenvalue weighted by molar-refractivity contribution is -0.119. The van der Waals surface area contributed by atoms with Gasteiger partial charge in [-0.15, -0.1) is 0 Å². The molecule has 28 heavy (non-hydrogen) atoms. The Labute approximate surface area is 165 Å². The lowest BCUT2D eigenvalue weighted by Crippen LogP contribution is -2.48. The minimum Gasteiger partial charge on any atom is -0.342 e. The van der Waals surface area contributed by atoms with Gasteiger partial charge < -0.3 is 9.80 Å². The number of nitrogens with one attached hydrogen (secondary N) is 1. The molecule has 2 amide bonds. The molecule has 3 rings (SSSR count). The van der Waals surface area contributed by atoms with Gasteiger partial charge in [0.05, 0.1) is 10.6 Å². The first-order valence-electron chi connectivity index (χ1n) is 8.99. The first kappa shape index (κ1) is 19.9. The predicted octanol–water partition coefficient (Wildman–Crippen LogP) is 2.02. The zero-order valence-electron chi connectivity index (χ0n) is 15.9. The maximum absolute atomic E-state index is 12.9. The van der Waals surface area contributed by atoms with Gasteiger partial charge in [-0.2, -0.15) is 0 Å². The van der Waals surface area contributed by atoms with Gasteiger partial charge in [-0.05, 0) is 43.7 Å². The minimum atomic E-state index is -3.75. The molecule has 7 nitrogen and oxygen atoms in total. The summed E-state index contributed by atoms with van der Waals surface area (Å²) in [6.45, 7) is 5.51. The number of aryl methyl sites for hydroxylation is 1. The molecule has 148 valence electrons. The summed E-state index contributed by atoms with van der Waals surface area (Å²) in [5.74, 6) is -0.167. The van der Waals surface area contributed by atoms with E-state index in [1.165, 1.54) is 0 Å². The summed E-state index contributed by atoms with van der Waals surface area (Å²) in [5.41, 5.74) is 2.36. The number of anilines is 1. The van der Waals surface area contributed by atoms with Gasteiger partial charge in [-0.3, -0.25) is 14.3 Å². The van der Waals surface area contributed by atoms with Crippen LogP contribution in [0.3, 0.4) is 0 Å². The van der Waals surface area contributed by atoms with Crippen LogP contribution in [0.1, 0.15) is 21.5 Å². The second-order valence-electron chi connectivity index (χ2n) is 6.83. The Morgan fingerprint density at radius 1 is 1.00 bits per heavy atom. The molecule has 0 spiro atoms. The molecule has 0 unspecified atom stereocenters. The molecule has 1 saturated heterocycles. The fourth-order valence-corrected chi connectivity index (χ4v) is 4.22. The van der Waals surface area contributed by atoms with Crippen LogP contribution in [0, 0.1) is 13.8 Å². The Balaban J connectivity index is 1.82. The molecule has 2 aromatic rings. The van der Waals surface area contributed by atoms with E-state index in [1.807, 2.05) is 6.92 Å². The van der Waals surface area contributed by atoms with Crippen molar-refractivity contribution in [1.82, 2.24) is 9.80 Å². The third-order valence-electron chi connectivity index (χ3n) is 4.89. The molecular formula is C20H23N3O4S. The van der Waals surface area contributed by atoms with Gasteiger partial charge in [0, 0.05) is 31.7 Å². The number of carbonyl (C=O) groups excluding carboxylic acids is 2. The summed E-state index contributed by atoms with van der Waals surface area (Å²) in [4.78, 5) is 27.2. The van der Waals surface area contributed by atoms with Crippen molar-refractivity contribution in [2.45, 2.75) is 18.7 Å². The molecule has 0 aliphatic carbocycles. The van der Waals surface area contributed by atoms with Crippen LogP contribution in [0.25, 0.3) is 0 Å². The number of hydrogen-bond acceptors (Lipinski definition) is 4. The van der Waals surface area contributed by atoms with Crippen molar-refractivity contribution in [2.75, 3.05) is 30.9 Å². The van der Waals surface area contributed by atoms with Crippen LogP contribution in [0.5, 0.6) is 0 Å². The summed E-state index contributed by atoms with van der Waals surface area (Å²) in [7, 11) is -3.75.